The first-order valence-electron chi connectivity index (χ1n) is 19.1. The van der Waals surface area contributed by atoms with Crippen molar-refractivity contribution in [1.29, 1.82) is 0 Å². The van der Waals surface area contributed by atoms with E-state index in [4.69, 9.17) is 18.9 Å². The van der Waals surface area contributed by atoms with Crippen molar-refractivity contribution >= 4 is 11.8 Å². The number of unbranched alkanes of at least 4 members (excludes halogenated alkanes) is 1. The average Bonchev–Trinajstić information content (AvgIpc) is 3.24. The summed E-state index contributed by atoms with van der Waals surface area (Å²) in [6.45, 7) is 3.72. The molecule has 0 aromatic heterocycles. The maximum atomic E-state index is 13.7. The molecule has 0 saturated carbocycles. The molecule has 0 aliphatic heterocycles. The van der Waals surface area contributed by atoms with Crippen LogP contribution in [0.25, 0.3) is 0 Å². The molecule has 286 valence electrons. The number of benzene rings is 6. The Morgan fingerprint density at radius 3 is 1.29 bits per heavy atom. The third-order valence-electron chi connectivity index (χ3n) is 9.10. The molecule has 1 atom stereocenters. The van der Waals surface area contributed by atoms with Gasteiger partial charge in [-0.1, -0.05) is 133 Å². The minimum atomic E-state index is -0.239. The zero-order chi connectivity index (χ0) is 38.8. The lowest BCUT2D eigenvalue weighted by atomic mass is 10.1. The lowest BCUT2D eigenvalue weighted by Gasteiger charge is -2.19. The summed E-state index contributed by atoms with van der Waals surface area (Å²) in [6, 6.07) is 50.0. The first-order chi connectivity index (χ1) is 27.5. The van der Waals surface area contributed by atoms with Crippen LogP contribution < -0.4 is 29.6 Å². The molecule has 0 aliphatic carbocycles. The van der Waals surface area contributed by atoms with Crippen molar-refractivity contribution in [2.75, 3.05) is 6.54 Å². The summed E-state index contributed by atoms with van der Waals surface area (Å²) in [5, 5.41) is 6.19. The number of hydrogen-bond donors (Lipinski definition) is 2. The largest absolute Gasteiger partial charge is 0.485 e. The third-order valence-corrected chi connectivity index (χ3v) is 9.10. The van der Waals surface area contributed by atoms with Gasteiger partial charge in [-0.3, -0.25) is 9.59 Å². The first kappa shape index (κ1) is 39.2. The van der Waals surface area contributed by atoms with E-state index in [1.165, 1.54) is 0 Å². The highest BCUT2D eigenvalue weighted by molar-refractivity contribution is 5.98. The zero-order valence-electron chi connectivity index (χ0n) is 31.7. The summed E-state index contributed by atoms with van der Waals surface area (Å²) in [5.74, 6) is 1.34. The number of ether oxygens (including phenoxy) is 4. The highest BCUT2D eigenvalue weighted by atomic mass is 16.5. The fourth-order valence-electron chi connectivity index (χ4n) is 6.09. The van der Waals surface area contributed by atoms with Crippen LogP contribution in [0.2, 0.25) is 0 Å². The second-order valence-electron chi connectivity index (χ2n) is 13.5. The van der Waals surface area contributed by atoms with E-state index in [0.29, 0.717) is 67.1 Å². The van der Waals surface area contributed by atoms with Gasteiger partial charge in [-0.05, 0) is 72.7 Å². The van der Waals surface area contributed by atoms with Gasteiger partial charge in [0.25, 0.3) is 11.8 Å². The molecule has 0 unspecified atom stereocenters. The van der Waals surface area contributed by atoms with E-state index in [-0.39, 0.29) is 17.9 Å². The highest BCUT2D eigenvalue weighted by Gasteiger charge is 2.21. The van der Waals surface area contributed by atoms with Crippen molar-refractivity contribution in [1.82, 2.24) is 10.6 Å². The molecule has 2 amide bonds. The standard InChI is InChI=1S/C48H48N2O6/c1-36(50-48(52)42-28-17-30-44(54-33-38-21-8-3-9-22-38)46(42)56-35-40-25-12-5-13-26-40)18-14-15-31-49-47(51)41-27-16-29-43(53-32-37-19-6-2-7-20-37)45(41)55-34-39-23-10-4-11-24-39/h2-13,16-17,19-30,36H,14-15,18,31-35H2,1H3,(H,49,51)(H,50,52)/t36-/m1/s1. The minimum Gasteiger partial charge on any atom is -0.485 e. The Labute approximate surface area is 329 Å². The number of nitrogens with one attached hydrogen (secondary N) is 2. The number of para-hydroxylation sites is 2. The van der Waals surface area contributed by atoms with Crippen molar-refractivity contribution < 1.29 is 28.5 Å². The van der Waals surface area contributed by atoms with E-state index < -0.39 is 0 Å². The van der Waals surface area contributed by atoms with Gasteiger partial charge in [-0.25, -0.2) is 0 Å². The molecular formula is C48H48N2O6. The van der Waals surface area contributed by atoms with Crippen molar-refractivity contribution in [2.24, 2.45) is 0 Å². The van der Waals surface area contributed by atoms with E-state index in [9.17, 15) is 9.59 Å². The highest BCUT2D eigenvalue weighted by Crippen LogP contribution is 2.34. The number of carbonyl (C=O) groups excluding carboxylic acids is 2. The van der Waals surface area contributed by atoms with Crippen LogP contribution >= 0.6 is 0 Å². The molecule has 0 saturated heterocycles. The van der Waals surface area contributed by atoms with Gasteiger partial charge in [0.2, 0.25) is 0 Å². The monoisotopic (exact) mass is 748 g/mol. The Bertz CT molecular complexity index is 2110. The second kappa shape index (κ2) is 20.8. The quantitative estimate of drug-likeness (QED) is 0.0756. The number of rotatable bonds is 20. The Kier molecular flexibility index (Phi) is 14.5. The lowest BCUT2D eigenvalue weighted by molar-refractivity contribution is 0.0930. The molecule has 6 rings (SSSR count). The van der Waals surface area contributed by atoms with E-state index >= 15 is 0 Å². The van der Waals surface area contributed by atoms with E-state index in [1.807, 2.05) is 140 Å². The fourth-order valence-corrected chi connectivity index (χ4v) is 6.09. The maximum Gasteiger partial charge on any atom is 0.255 e. The summed E-state index contributed by atoms with van der Waals surface area (Å²) in [7, 11) is 0. The molecule has 8 heteroatoms. The van der Waals surface area contributed by atoms with Gasteiger partial charge >= 0.3 is 0 Å². The topological polar surface area (TPSA) is 95.1 Å². The smallest absolute Gasteiger partial charge is 0.255 e. The van der Waals surface area contributed by atoms with Crippen LogP contribution in [-0.2, 0) is 26.4 Å². The van der Waals surface area contributed by atoms with E-state index in [1.54, 1.807) is 24.3 Å². The Morgan fingerprint density at radius 1 is 0.464 bits per heavy atom. The Morgan fingerprint density at radius 2 is 0.857 bits per heavy atom. The minimum absolute atomic E-state index is 0.120. The van der Waals surface area contributed by atoms with Gasteiger partial charge in [0, 0.05) is 12.6 Å². The van der Waals surface area contributed by atoms with Gasteiger partial charge in [0.1, 0.15) is 26.4 Å². The molecule has 0 radical (unpaired) electrons. The number of carbonyl (C=O) groups is 2. The van der Waals surface area contributed by atoms with Crippen molar-refractivity contribution in [2.45, 2.75) is 58.7 Å². The molecule has 2 N–H and O–H groups in total. The molecule has 0 spiro atoms. The maximum absolute atomic E-state index is 13.7. The van der Waals surface area contributed by atoms with Crippen LogP contribution in [-0.4, -0.2) is 24.4 Å². The predicted octanol–water partition coefficient (Wildman–Crippen LogP) is 9.72. The Hall–Kier alpha value is -6.54. The normalized spacial score (nSPS) is 11.2. The third kappa shape index (κ3) is 11.7. The second-order valence-corrected chi connectivity index (χ2v) is 13.5. The molecule has 6 aromatic carbocycles. The van der Waals surface area contributed by atoms with Gasteiger partial charge in [-0.2, -0.15) is 0 Å². The molecule has 0 fully saturated rings. The van der Waals surface area contributed by atoms with Crippen molar-refractivity contribution in [3.05, 3.63) is 191 Å². The van der Waals surface area contributed by atoms with Gasteiger partial charge in [0.05, 0.1) is 11.1 Å². The molecule has 56 heavy (non-hydrogen) atoms. The average molecular weight is 749 g/mol. The summed E-state index contributed by atoms with van der Waals surface area (Å²) >= 11 is 0. The Balaban J connectivity index is 1.03. The predicted molar refractivity (Wildman–Crippen MR) is 219 cm³/mol. The molecular weight excluding hydrogens is 701 g/mol. The van der Waals surface area contributed by atoms with Crippen molar-refractivity contribution in [3.8, 4) is 23.0 Å². The molecule has 8 nitrogen and oxygen atoms in total. The summed E-state index contributed by atoms with van der Waals surface area (Å²) in [5.41, 5.74) is 4.81. The SMILES string of the molecule is C[C@H](CCCCNC(=O)c1cccc(OCc2ccccc2)c1OCc1ccccc1)NC(=O)c1cccc(OCc2ccccc2)c1OCc1ccccc1. The number of amides is 2. The molecule has 0 bridgehead atoms. The van der Waals surface area contributed by atoms with Crippen LogP contribution in [0.3, 0.4) is 0 Å². The van der Waals surface area contributed by atoms with Gasteiger partial charge < -0.3 is 29.6 Å². The van der Waals surface area contributed by atoms with Crippen molar-refractivity contribution in [3.63, 3.8) is 0 Å². The van der Waals surface area contributed by atoms with E-state index in [0.717, 1.165) is 41.5 Å². The van der Waals surface area contributed by atoms with Crippen LogP contribution in [0.4, 0.5) is 0 Å². The van der Waals surface area contributed by atoms with Gasteiger partial charge in [0.15, 0.2) is 23.0 Å². The molecule has 0 heterocycles. The van der Waals surface area contributed by atoms with Gasteiger partial charge in [-0.15, -0.1) is 0 Å². The zero-order valence-corrected chi connectivity index (χ0v) is 31.7. The lowest BCUT2D eigenvalue weighted by Crippen LogP contribution is -2.33. The summed E-state index contributed by atoms with van der Waals surface area (Å²) < 4.78 is 24.8. The molecule has 0 aliphatic rings. The summed E-state index contributed by atoms with van der Waals surface area (Å²) in [6.07, 6.45) is 2.24. The van der Waals surface area contributed by atoms with Crippen LogP contribution in [0.15, 0.2) is 158 Å². The number of hydrogen-bond acceptors (Lipinski definition) is 6. The van der Waals surface area contributed by atoms with E-state index in [2.05, 4.69) is 10.6 Å². The van der Waals surface area contributed by atoms with Crippen LogP contribution in [0, 0.1) is 0 Å². The molecule has 6 aromatic rings. The summed E-state index contributed by atoms with van der Waals surface area (Å²) in [4.78, 5) is 27.2. The van der Waals surface area contributed by atoms with Crippen LogP contribution in [0.5, 0.6) is 23.0 Å². The first-order valence-corrected chi connectivity index (χ1v) is 19.1. The van der Waals surface area contributed by atoms with Crippen LogP contribution in [0.1, 0.15) is 69.2 Å². The fraction of sp³-hybridized carbons (Fsp3) is 0.208.